The fourth-order valence-electron chi connectivity index (χ4n) is 0.792. The van der Waals surface area contributed by atoms with Crippen molar-refractivity contribution in [2.75, 3.05) is 19.8 Å². The third kappa shape index (κ3) is 1.41. The molecule has 0 amide bonds. The zero-order chi connectivity index (χ0) is 6.74. The van der Waals surface area contributed by atoms with Gasteiger partial charge in [0, 0.05) is 0 Å². The van der Waals surface area contributed by atoms with Crippen LogP contribution in [-0.2, 0) is 9.47 Å². The molecule has 3 heteroatoms. The van der Waals surface area contributed by atoms with Gasteiger partial charge in [0.15, 0.2) is 0 Å². The second-order valence-electron chi connectivity index (χ2n) is 2.15. The molecule has 50 valence electrons. The maximum Gasteiger partial charge on any atom is 0.267 e. The first-order valence-corrected chi connectivity index (χ1v) is 2.88. The minimum atomic E-state index is -0.609. The highest BCUT2D eigenvalue weighted by molar-refractivity contribution is 4.77. The maximum atomic E-state index is 6.56. The van der Waals surface area contributed by atoms with Gasteiger partial charge < -0.3 is 14.3 Å². The van der Waals surface area contributed by atoms with Crippen LogP contribution in [0.3, 0.4) is 0 Å². The smallest absolute Gasteiger partial charge is 0.267 e. The van der Waals surface area contributed by atoms with Gasteiger partial charge in [-0.15, -0.1) is 0 Å². The molecule has 0 spiro atoms. The van der Waals surface area contributed by atoms with Crippen molar-refractivity contribution in [1.82, 2.24) is 0 Å². The van der Waals surface area contributed by atoms with Crippen LogP contribution < -0.4 is 0 Å². The first-order valence-electron chi connectivity index (χ1n) is 2.88. The number of rotatable bonds is 1. The van der Waals surface area contributed by atoms with E-state index >= 15 is 0 Å². The van der Waals surface area contributed by atoms with Crippen molar-refractivity contribution in [3.05, 3.63) is 11.4 Å². The summed E-state index contributed by atoms with van der Waals surface area (Å²) in [4.78, 5) is 3.19. The van der Waals surface area contributed by atoms with E-state index in [9.17, 15) is 0 Å². The van der Waals surface area contributed by atoms with Crippen molar-refractivity contribution in [1.29, 1.82) is 0 Å². The van der Waals surface area contributed by atoms with Crippen LogP contribution in [0.5, 0.6) is 0 Å². The van der Waals surface area contributed by atoms with Gasteiger partial charge in [-0.2, -0.15) is 0 Å². The third-order valence-corrected chi connectivity index (χ3v) is 1.26. The van der Waals surface area contributed by atoms with Crippen LogP contribution in [0.2, 0.25) is 0 Å². The van der Waals surface area contributed by atoms with Crippen LogP contribution in [-0.4, -0.2) is 25.5 Å². The van der Waals surface area contributed by atoms with Gasteiger partial charge in [-0.1, -0.05) is 0 Å². The van der Waals surface area contributed by atoms with Crippen molar-refractivity contribution in [3.63, 3.8) is 0 Å². The Morgan fingerprint density at radius 1 is 1.56 bits per heavy atom. The summed E-state index contributed by atoms with van der Waals surface area (Å²) >= 11 is 0. The molecule has 0 N–H and O–H groups in total. The summed E-state index contributed by atoms with van der Waals surface area (Å²) < 4.78 is 10.3. The molecule has 0 bridgehead atoms. The molecule has 0 aromatic heterocycles. The van der Waals surface area contributed by atoms with Crippen LogP contribution in [0.4, 0.5) is 0 Å². The Bertz CT molecular complexity index is 132. The van der Waals surface area contributed by atoms with Gasteiger partial charge in [-0.25, -0.2) is 6.57 Å². The van der Waals surface area contributed by atoms with Crippen molar-refractivity contribution in [3.8, 4) is 0 Å². The predicted molar refractivity (Wildman–Crippen MR) is 31.8 cm³/mol. The lowest BCUT2D eigenvalue weighted by Gasteiger charge is -2.13. The van der Waals surface area contributed by atoms with Crippen molar-refractivity contribution in [2.24, 2.45) is 0 Å². The average Bonchev–Trinajstić information content (AvgIpc) is 2.16. The number of nitrogens with zero attached hydrogens (tertiary/aromatic N) is 1. The Morgan fingerprint density at radius 2 is 2.11 bits per heavy atom. The molecule has 1 aliphatic rings. The number of hydrogen-bond acceptors (Lipinski definition) is 2. The number of ether oxygens (including phenoxy) is 2. The van der Waals surface area contributed by atoms with Gasteiger partial charge in [0.05, 0.1) is 13.2 Å². The highest BCUT2D eigenvalue weighted by atomic mass is 16.7. The molecule has 0 unspecified atom stereocenters. The summed E-state index contributed by atoms with van der Waals surface area (Å²) in [5.41, 5.74) is 0. The van der Waals surface area contributed by atoms with Gasteiger partial charge >= 0.3 is 0 Å². The van der Waals surface area contributed by atoms with Crippen LogP contribution in [0, 0.1) is 6.57 Å². The fourth-order valence-corrected chi connectivity index (χ4v) is 0.792. The molecular weight excluding hydrogens is 118 g/mol. The molecule has 1 saturated heterocycles. The molecule has 9 heavy (non-hydrogen) atoms. The van der Waals surface area contributed by atoms with E-state index in [0.717, 1.165) is 0 Å². The molecule has 0 radical (unpaired) electrons. The summed E-state index contributed by atoms with van der Waals surface area (Å²) in [7, 11) is 0. The molecule has 3 nitrogen and oxygen atoms in total. The topological polar surface area (TPSA) is 22.8 Å². The van der Waals surface area contributed by atoms with E-state index < -0.39 is 5.79 Å². The monoisotopic (exact) mass is 127 g/mol. The molecule has 0 aromatic rings. The minimum absolute atomic E-state index is 0.299. The van der Waals surface area contributed by atoms with E-state index in [1.165, 1.54) is 0 Å². The predicted octanol–water partition coefficient (Wildman–Crippen LogP) is 0.669. The summed E-state index contributed by atoms with van der Waals surface area (Å²) in [6.45, 7) is 9.88. The van der Waals surface area contributed by atoms with E-state index in [4.69, 9.17) is 16.0 Å². The molecule has 0 aromatic carbocycles. The first-order chi connectivity index (χ1) is 4.27. The van der Waals surface area contributed by atoms with Crippen molar-refractivity contribution in [2.45, 2.75) is 12.7 Å². The lowest BCUT2D eigenvalue weighted by atomic mass is 10.3. The molecule has 1 heterocycles. The normalized spacial score (nSPS) is 23.6. The number of hydrogen-bond donors (Lipinski definition) is 0. The Balaban J connectivity index is 2.43. The van der Waals surface area contributed by atoms with Crippen molar-refractivity contribution < 1.29 is 9.47 Å². The van der Waals surface area contributed by atoms with Gasteiger partial charge in [0.25, 0.3) is 6.54 Å². The molecule has 0 atom stereocenters. The van der Waals surface area contributed by atoms with Gasteiger partial charge in [-0.3, -0.25) is 0 Å². The van der Waals surface area contributed by atoms with Crippen LogP contribution in [0.1, 0.15) is 6.92 Å². The van der Waals surface area contributed by atoms with Crippen LogP contribution in [0.25, 0.3) is 4.85 Å². The summed E-state index contributed by atoms with van der Waals surface area (Å²) in [6, 6.07) is 0. The fraction of sp³-hybridized carbons (Fsp3) is 0.833. The molecular formula is C6H9NO2. The zero-order valence-electron chi connectivity index (χ0n) is 5.39. The Hall–Kier alpha value is -0.590. The Kier molecular flexibility index (Phi) is 1.70. The average molecular weight is 127 g/mol. The van der Waals surface area contributed by atoms with Crippen molar-refractivity contribution >= 4 is 0 Å². The van der Waals surface area contributed by atoms with E-state index in [1.54, 1.807) is 6.92 Å². The first kappa shape index (κ1) is 6.53. The second-order valence-corrected chi connectivity index (χ2v) is 2.15. The van der Waals surface area contributed by atoms with Crippen LogP contribution in [0.15, 0.2) is 0 Å². The largest absolute Gasteiger partial charge is 0.342 e. The molecule has 1 fully saturated rings. The standard InChI is InChI=1S/C6H9NO2/c1-6(5-7-2)8-3-4-9-6/h3-5H2,1H3. The van der Waals surface area contributed by atoms with E-state index in [-0.39, 0.29) is 0 Å². The summed E-state index contributed by atoms with van der Waals surface area (Å²) in [6.07, 6.45) is 0. The highest BCUT2D eigenvalue weighted by Gasteiger charge is 2.34. The van der Waals surface area contributed by atoms with Gasteiger partial charge in [0.1, 0.15) is 0 Å². The lowest BCUT2D eigenvalue weighted by Crippen LogP contribution is -2.28. The quantitative estimate of drug-likeness (QED) is 0.483. The van der Waals surface area contributed by atoms with E-state index in [0.29, 0.717) is 19.8 Å². The second kappa shape index (κ2) is 2.34. The Morgan fingerprint density at radius 3 is 2.56 bits per heavy atom. The molecule has 0 aliphatic carbocycles. The molecule has 1 rings (SSSR count). The van der Waals surface area contributed by atoms with E-state index in [2.05, 4.69) is 4.85 Å². The van der Waals surface area contributed by atoms with Crippen LogP contribution >= 0.6 is 0 Å². The van der Waals surface area contributed by atoms with Gasteiger partial charge in [-0.05, 0) is 6.92 Å². The minimum Gasteiger partial charge on any atom is -0.342 e. The van der Waals surface area contributed by atoms with Gasteiger partial charge in [0.2, 0.25) is 5.79 Å². The zero-order valence-corrected chi connectivity index (χ0v) is 5.39. The molecule has 1 aliphatic heterocycles. The maximum absolute atomic E-state index is 6.56. The lowest BCUT2D eigenvalue weighted by molar-refractivity contribution is -0.127. The highest BCUT2D eigenvalue weighted by Crippen LogP contribution is 2.17. The van der Waals surface area contributed by atoms with E-state index in [1.807, 2.05) is 0 Å². The summed E-state index contributed by atoms with van der Waals surface area (Å²) in [5.74, 6) is -0.609. The molecule has 0 saturated carbocycles. The third-order valence-electron chi connectivity index (χ3n) is 1.26. The Labute approximate surface area is 54.4 Å². The SMILES string of the molecule is [C-]#[N+]CC1(C)OCCO1. The summed E-state index contributed by atoms with van der Waals surface area (Å²) in [5, 5.41) is 0.